The zero-order chi connectivity index (χ0) is 18.8. The smallest absolute Gasteiger partial charge is 0.318 e. The molecule has 1 atom stereocenters. The third-order valence-electron chi connectivity index (χ3n) is 4.56. The van der Waals surface area contributed by atoms with Gasteiger partial charge in [0.25, 0.3) is 0 Å². The van der Waals surface area contributed by atoms with E-state index in [-0.39, 0.29) is 11.9 Å². The third-order valence-corrected chi connectivity index (χ3v) is 5.36. The van der Waals surface area contributed by atoms with Crippen LogP contribution in [0.1, 0.15) is 70.2 Å². The van der Waals surface area contributed by atoms with E-state index in [2.05, 4.69) is 28.7 Å². The predicted molar refractivity (Wildman–Crippen MR) is 110 cm³/mol. The lowest BCUT2D eigenvalue weighted by Crippen LogP contribution is -2.20. The fourth-order valence-corrected chi connectivity index (χ4v) is 3.70. The van der Waals surface area contributed by atoms with Gasteiger partial charge >= 0.3 is 6.01 Å². The second kappa shape index (κ2) is 11.2. The van der Waals surface area contributed by atoms with Gasteiger partial charge in [0.05, 0.1) is 0 Å². The summed E-state index contributed by atoms with van der Waals surface area (Å²) in [4.78, 5) is 3.99. The van der Waals surface area contributed by atoms with Gasteiger partial charge < -0.3 is 10.3 Å². The minimum absolute atomic E-state index is 0.109. The standard InChI is InChI=1S/C10H11N3O.C10H21NS/c1-7(8-5-3-2-4-6-8)9-12-10(11)14-13-9;1-9(2)12-11-8-10-6-4-3-5-7-10/h2-7H,1H3,(H2,11,12,13);9-11H,3-8H2,1-2H3. The topological polar surface area (TPSA) is 77.0 Å². The Morgan fingerprint density at radius 3 is 2.42 bits per heavy atom. The monoisotopic (exact) mass is 376 g/mol. The van der Waals surface area contributed by atoms with Gasteiger partial charge in [-0.15, -0.1) is 0 Å². The van der Waals surface area contributed by atoms with Crippen molar-refractivity contribution in [3.63, 3.8) is 0 Å². The Kier molecular flexibility index (Phi) is 8.98. The molecule has 0 spiro atoms. The van der Waals surface area contributed by atoms with Gasteiger partial charge in [0.2, 0.25) is 0 Å². The molecule has 1 heterocycles. The van der Waals surface area contributed by atoms with E-state index in [0.717, 1.165) is 11.5 Å². The Hall–Kier alpha value is -1.53. The highest BCUT2D eigenvalue weighted by Gasteiger charge is 2.14. The lowest BCUT2D eigenvalue weighted by molar-refractivity contribution is 0.360. The van der Waals surface area contributed by atoms with Crippen molar-refractivity contribution in [2.24, 2.45) is 5.92 Å². The predicted octanol–water partition coefficient (Wildman–Crippen LogP) is 5.02. The second-order valence-electron chi connectivity index (χ2n) is 7.14. The first-order chi connectivity index (χ1) is 12.6. The van der Waals surface area contributed by atoms with Gasteiger partial charge in [0.1, 0.15) is 0 Å². The Labute approximate surface area is 161 Å². The number of nitrogens with one attached hydrogen (secondary N) is 1. The van der Waals surface area contributed by atoms with Crippen molar-refractivity contribution >= 4 is 18.0 Å². The molecular formula is C20H32N4OS. The minimum atomic E-state index is 0.109. The molecule has 5 nitrogen and oxygen atoms in total. The first kappa shape index (κ1) is 20.8. The molecule has 1 aromatic heterocycles. The van der Waals surface area contributed by atoms with Crippen LogP contribution in [-0.2, 0) is 0 Å². The average molecular weight is 377 g/mol. The summed E-state index contributed by atoms with van der Waals surface area (Å²) in [6.07, 6.45) is 7.28. The van der Waals surface area contributed by atoms with Crippen LogP contribution in [0.25, 0.3) is 0 Å². The minimum Gasteiger partial charge on any atom is -0.351 e. The van der Waals surface area contributed by atoms with Gasteiger partial charge in [-0.3, -0.25) is 4.72 Å². The number of hydrogen-bond donors (Lipinski definition) is 2. The van der Waals surface area contributed by atoms with Crippen LogP contribution in [0.2, 0.25) is 0 Å². The molecule has 1 unspecified atom stereocenters. The molecule has 2 aromatic rings. The molecule has 1 aliphatic carbocycles. The van der Waals surface area contributed by atoms with Gasteiger partial charge in [0.15, 0.2) is 5.82 Å². The maximum atomic E-state index is 5.35. The molecule has 0 amide bonds. The van der Waals surface area contributed by atoms with Crippen LogP contribution < -0.4 is 10.5 Å². The van der Waals surface area contributed by atoms with Crippen molar-refractivity contribution in [1.82, 2.24) is 14.9 Å². The number of aromatic nitrogens is 2. The van der Waals surface area contributed by atoms with Crippen LogP contribution in [0.3, 0.4) is 0 Å². The highest BCUT2D eigenvalue weighted by atomic mass is 32.2. The van der Waals surface area contributed by atoms with Crippen LogP contribution in [0.5, 0.6) is 0 Å². The number of anilines is 1. The van der Waals surface area contributed by atoms with Gasteiger partial charge in [-0.2, -0.15) is 4.98 Å². The van der Waals surface area contributed by atoms with E-state index in [1.54, 1.807) is 0 Å². The maximum Gasteiger partial charge on any atom is 0.318 e. The van der Waals surface area contributed by atoms with E-state index in [1.165, 1.54) is 38.6 Å². The quantitative estimate of drug-likeness (QED) is 0.690. The molecule has 3 N–H and O–H groups in total. The molecule has 0 radical (unpaired) electrons. The summed E-state index contributed by atoms with van der Waals surface area (Å²) in [6.45, 7) is 7.71. The van der Waals surface area contributed by atoms with Crippen LogP contribution in [-0.4, -0.2) is 21.9 Å². The molecule has 26 heavy (non-hydrogen) atoms. The summed E-state index contributed by atoms with van der Waals surface area (Å²) < 4.78 is 8.19. The highest BCUT2D eigenvalue weighted by molar-refractivity contribution is 7.97. The lowest BCUT2D eigenvalue weighted by atomic mass is 9.90. The van der Waals surface area contributed by atoms with Crippen LogP contribution in [0.4, 0.5) is 6.01 Å². The number of hydrogen-bond acceptors (Lipinski definition) is 6. The molecule has 0 aliphatic heterocycles. The van der Waals surface area contributed by atoms with Crippen molar-refractivity contribution in [2.45, 2.75) is 64.0 Å². The summed E-state index contributed by atoms with van der Waals surface area (Å²) in [5, 5.41) is 4.50. The van der Waals surface area contributed by atoms with E-state index >= 15 is 0 Å². The van der Waals surface area contributed by atoms with Gasteiger partial charge in [0, 0.05) is 17.7 Å². The molecule has 144 valence electrons. The van der Waals surface area contributed by atoms with Crippen LogP contribution in [0.15, 0.2) is 34.9 Å². The molecule has 0 saturated heterocycles. The summed E-state index contributed by atoms with van der Waals surface area (Å²) in [5.74, 6) is 1.69. The largest absolute Gasteiger partial charge is 0.351 e. The van der Waals surface area contributed by atoms with E-state index in [4.69, 9.17) is 10.3 Å². The highest BCUT2D eigenvalue weighted by Crippen LogP contribution is 2.23. The number of rotatable bonds is 6. The van der Waals surface area contributed by atoms with Crippen molar-refractivity contribution in [3.05, 3.63) is 41.7 Å². The van der Waals surface area contributed by atoms with E-state index in [0.29, 0.717) is 11.1 Å². The molecule has 0 bridgehead atoms. The van der Waals surface area contributed by atoms with Gasteiger partial charge in [-0.1, -0.05) is 87.5 Å². The molecule has 1 aliphatic rings. The zero-order valence-electron chi connectivity index (χ0n) is 16.1. The van der Waals surface area contributed by atoms with Crippen LogP contribution in [0, 0.1) is 5.92 Å². The first-order valence-corrected chi connectivity index (χ1v) is 10.5. The van der Waals surface area contributed by atoms with Crippen LogP contribution >= 0.6 is 11.9 Å². The van der Waals surface area contributed by atoms with Gasteiger partial charge in [-0.25, -0.2) is 0 Å². The fraction of sp³-hybridized carbons (Fsp3) is 0.600. The van der Waals surface area contributed by atoms with E-state index in [1.807, 2.05) is 49.2 Å². The average Bonchev–Trinajstić information content (AvgIpc) is 3.09. The number of nitrogens with zero attached hydrogens (tertiary/aromatic N) is 2. The van der Waals surface area contributed by atoms with Crippen molar-refractivity contribution in [1.29, 1.82) is 0 Å². The molecule has 1 saturated carbocycles. The second-order valence-corrected chi connectivity index (χ2v) is 8.61. The Morgan fingerprint density at radius 2 is 1.85 bits per heavy atom. The SMILES string of the molecule is CC(C)SNCC1CCCCC1.CC(c1ccccc1)c1noc(N)n1. The van der Waals surface area contributed by atoms with Gasteiger partial charge in [-0.05, 0) is 24.3 Å². The maximum absolute atomic E-state index is 5.35. The molecule has 6 heteroatoms. The fourth-order valence-electron chi connectivity index (χ4n) is 3.04. The molecule has 1 fully saturated rings. The molecule has 1 aromatic carbocycles. The molecule has 3 rings (SSSR count). The van der Waals surface area contributed by atoms with E-state index in [9.17, 15) is 0 Å². The summed E-state index contributed by atoms with van der Waals surface area (Å²) in [6, 6.07) is 10.1. The third kappa shape index (κ3) is 7.38. The Bertz CT molecular complexity index is 611. The normalized spacial score (nSPS) is 16.2. The van der Waals surface area contributed by atoms with Crippen molar-refractivity contribution in [2.75, 3.05) is 12.3 Å². The zero-order valence-corrected chi connectivity index (χ0v) is 17.0. The molecular weight excluding hydrogens is 344 g/mol. The number of nitrogen functional groups attached to an aromatic ring is 1. The Morgan fingerprint density at radius 1 is 1.15 bits per heavy atom. The van der Waals surface area contributed by atoms with Crippen molar-refractivity contribution < 1.29 is 4.52 Å². The number of benzene rings is 1. The Balaban J connectivity index is 0.000000190. The number of nitrogens with two attached hydrogens (primary N) is 1. The summed E-state index contributed by atoms with van der Waals surface area (Å²) in [5.41, 5.74) is 6.50. The van der Waals surface area contributed by atoms with E-state index < -0.39 is 0 Å². The van der Waals surface area contributed by atoms with Crippen molar-refractivity contribution in [3.8, 4) is 0 Å². The lowest BCUT2D eigenvalue weighted by Gasteiger charge is -2.21. The summed E-state index contributed by atoms with van der Waals surface area (Å²) in [7, 11) is 0. The first-order valence-electron chi connectivity index (χ1n) is 9.58. The summed E-state index contributed by atoms with van der Waals surface area (Å²) >= 11 is 1.87.